The van der Waals surface area contributed by atoms with Crippen LogP contribution >= 0.6 is 0 Å². The van der Waals surface area contributed by atoms with Gasteiger partial charge in [-0.05, 0) is 188 Å². The molecule has 0 amide bonds. The standard InChI is InChI=1S/2C16H16N4O.3C15H14N2O2.C14H12/c17-15(18)12-7-11(8-13(9-12)16(19)20)2-1-10-3-5-14(21)6-4-10;17-15(18)12-5-3-10(4-6-12)1-2-11-7-13(16(19)20)9-14(21)8-11;2*16-15(17)12-7-11(8-14(19)9-12)2-1-10-3-5-13(18)6-4-10;16-15(17)12-5-3-10(4-6-12)1-2-11-7-13(18)9-14(19)8-11;1-3-7-13(8-4-1)11-12-14-9-5-2-6-10-14/h2*1-9,21H,(H3,17,18)(H3,19,20);3*1-9,18-19H,(H3,16,17);1-12H. The number of amidine groups is 7. The van der Waals surface area contributed by atoms with Crippen LogP contribution in [0, 0.1) is 37.9 Å². The van der Waals surface area contributed by atoms with Crippen LogP contribution in [0.25, 0.3) is 72.9 Å². The number of nitrogens with one attached hydrogen (secondary N) is 7. The molecule has 22 nitrogen and oxygen atoms in total. The fourth-order valence-corrected chi connectivity index (χ4v) is 10.0. The van der Waals surface area contributed by atoms with Crippen molar-refractivity contribution in [1.82, 2.24) is 0 Å². The third-order valence-corrected chi connectivity index (χ3v) is 15.8. The molecular weight excluding hydrogens is 1420 g/mol. The monoisotopic (exact) mass is 1500 g/mol. The molecule has 0 bridgehead atoms. The summed E-state index contributed by atoms with van der Waals surface area (Å²) in [6.07, 6.45) is 22.5. The van der Waals surface area contributed by atoms with Crippen molar-refractivity contribution in [3.8, 4) is 46.0 Å². The van der Waals surface area contributed by atoms with Crippen LogP contribution in [0.1, 0.15) is 106 Å². The van der Waals surface area contributed by atoms with Crippen molar-refractivity contribution in [2.75, 3.05) is 0 Å². The maximum Gasteiger partial charge on any atom is 0.122 e. The average molecular weight is 1500 g/mol. The number of hydrogen-bond acceptors (Lipinski definition) is 15. The van der Waals surface area contributed by atoms with Crippen molar-refractivity contribution in [2.24, 2.45) is 40.1 Å². The summed E-state index contributed by atoms with van der Waals surface area (Å²) < 4.78 is 0. The topological polar surface area (TPSA) is 511 Å². The molecule has 12 aromatic rings. The number of nitrogens with two attached hydrogens (primary N) is 7. The highest BCUT2D eigenvalue weighted by Gasteiger charge is 2.08. The van der Waals surface area contributed by atoms with E-state index in [0.29, 0.717) is 44.5 Å². The van der Waals surface area contributed by atoms with Crippen molar-refractivity contribution in [3.05, 3.63) is 379 Å². The van der Waals surface area contributed by atoms with Crippen molar-refractivity contribution in [1.29, 1.82) is 37.9 Å². The molecule has 0 atom stereocenters. The Hall–Kier alpha value is -16.2. The molecule has 0 aromatic heterocycles. The molecule has 0 aliphatic heterocycles. The second kappa shape index (κ2) is 42.2. The van der Waals surface area contributed by atoms with Crippen LogP contribution < -0.4 is 40.1 Å². The molecule has 0 radical (unpaired) electrons. The van der Waals surface area contributed by atoms with E-state index in [1.165, 1.54) is 35.4 Å². The van der Waals surface area contributed by atoms with E-state index < -0.39 is 0 Å². The lowest BCUT2D eigenvalue weighted by Crippen LogP contribution is -2.15. The van der Waals surface area contributed by atoms with Gasteiger partial charge in [0.25, 0.3) is 0 Å². The normalized spacial score (nSPS) is 10.7. The Labute approximate surface area is 653 Å². The van der Waals surface area contributed by atoms with Crippen LogP contribution in [0.15, 0.2) is 273 Å². The van der Waals surface area contributed by atoms with Crippen LogP contribution in [0.5, 0.6) is 46.0 Å². The largest absolute Gasteiger partial charge is 0.508 e. The maximum atomic E-state index is 9.61. The zero-order valence-electron chi connectivity index (χ0n) is 61.0. The van der Waals surface area contributed by atoms with Crippen LogP contribution in [-0.4, -0.2) is 81.7 Å². The predicted molar refractivity (Wildman–Crippen MR) is 461 cm³/mol. The quantitative estimate of drug-likeness (QED) is 0.0203. The summed E-state index contributed by atoms with van der Waals surface area (Å²) in [7, 11) is 0. The number of nitrogen functional groups attached to an aromatic ring is 7. The molecule has 0 aliphatic carbocycles. The van der Waals surface area contributed by atoms with E-state index in [9.17, 15) is 40.9 Å². The summed E-state index contributed by atoms with van der Waals surface area (Å²) in [6.45, 7) is 0. The number of rotatable bonds is 19. The van der Waals surface area contributed by atoms with Gasteiger partial charge in [-0.1, -0.05) is 219 Å². The minimum Gasteiger partial charge on any atom is -0.508 e. The maximum absolute atomic E-state index is 9.61. The van der Waals surface area contributed by atoms with Gasteiger partial charge in [0.15, 0.2) is 0 Å². The summed E-state index contributed by atoms with van der Waals surface area (Å²) in [5, 5.41) is 127. The van der Waals surface area contributed by atoms with Crippen molar-refractivity contribution in [3.63, 3.8) is 0 Å². The smallest absolute Gasteiger partial charge is 0.122 e. The lowest BCUT2D eigenvalue weighted by Gasteiger charge is -2.05. The average Bonchev–Trinajstić information content (AvgIpc) is 0.864. The first-order chi connectivity index (χ1) is 54.0. The zero-order chi connectivity index (χ0) is 81.9. The molecule has 113 heavy (non-hydrogen) atoms. The lowest BCUT2D eigenvalue weighted by atomic mass is 10.0. The lowest BCUT2D eigenvalue weighted by molar-refractivity contribution is 0.450. The molecule has 12 aromatic carbocycles. The molecule has 0 fully saturated rings. The Morgan fingerprint density at radius 1 is 0.159 bits per heavy atom. The van der Waals surface area contributed by atoms with E-state index in [1.807, 2.05) is 103 Å². The summed E-state index contributed by atoms with van der Waals surface area (Å²) in [4.78, 5) is 0. The van der Waals surface area contributed by atoms with E-state index in [0.717, 1.165) is 50.1 Å². The molecule has 0 saturated carbocycles. The minimum atomic E-state index is -0.0913. The molecule has 0 spiro atoms. The van der Waals surface area contributed by atoms with Gasteiger partial charge in [-0.15, -0.1) is 0 Å². The second-order valence-electron chi connectivity index (χ2n) is 24.8. The molecule has 0 aliphatic rings. The van der Waals surface area contributed by atoms with Gasteiger partial charge in [0.05, 0.1) is 0 Å². The minimum absolute atomic E-state index is 0.0200. The Kier molecular flexibility index (Phi) is 31.4. The van der Waals surface area contributed by atoms with E-state index in [2.05, 4.69) is 36.4 Å². The van der Waals surface area contributed by atoms with Gasteiger partial charge in [-0.25, -0.2) is 0 Å². The Morgan fingerprint density at radius 2 is 0.327 bits per heavy atom. The third-order valence-electron chi connectivity index (χ3n) is 15.8. The molecule has 0 heterocycles. The molecule has 29 N–H and O–H groups in total. The molecule has 568 valence electrons. The van der Waals surface area contributed by atoms with Gasteiger partial charge in [-0.2, -0.15) is 0 Å². The number of phenols is 8. The van der Waals surface area contributed by atoms with Crippen LogP contribution in [0.4, 0.5) is 0 Å². The first kappa shape index (κ1) is 84.0. The number of phenolic OH excluding ortho intramolecular Hbond substituents is 8. The molecule has 12 rings (SSSR count). The fourth-order valence-electron chi connectivity index (χ4n) is 10.0. The van der Waals surface area contributed by atoms with Crippen molar-refractivity contribution in [2.45, 2.75) is 0 Å². The number of benzene rings is 12. The summed E-state index contributed by atoms with van der Waals surface area (Å²) in [6, 6.07) is 79.2. The fraction of sp³-hybridized carbons (Fsp3) is 0. The Morgan fingerprint density at radius 3 is 0.549 bits per heavy atom. The Bertz CT molecular complexity index is 5280. The van der Waals surface area contributed by atoms with Crippen molar-refractivity contribution >= 4 is 114 Å². The van der Waals surface area contributed by atoms with Gasteiger partial charge in [0, 0.05) is 45.0 Å². The number of hydrogen-bond donors (Lipinski definition) is 22. The molecule has 0 saturated heterocycles. The summed E-state index contributed by atoms with van der Waals surface area (Å²) in [5.41, 5.74) is 52.6. The van der Waals surface area contributed by atoms with Gasteiger partial charge in [-0.3, -0.25) is 37.9 Å². The van der Waals surface area contributed by atoms with Gasteiger partial charge in [0.1, 0.15) is 86.8 Å². The van der Waals surface area contributed by atoms with E-state index in [4.69, 9.17) is 78.0 Å². The third kappa shape index (κ3) is 29.9. The predicted octanol–water partition coefficient (Wildman–Crippen LogP) is 15.8. The zero-order valence-corrected chi connectivity index (χ0v) is 61.0. The second-order valence-corrected chi connectivity index (χ2v) is 24.8. The van der Waals surface area contributed by atoms with Crippen molar-refractivity contribution < 1.29 is 40.9 Å². The van der Waals surface area contributed by atoms with Gasteiger partial charge >= 0.3 is 0 Å². The van der Waals surface area contributed by atoms with E-state index in [-0.39, 0.29) is 86.8 Å². The highest BCUT2D eigenvalue weighted by molar-refractivity contribution is 6.02. The number of aromatic hydroxyl groups is 8. The Balaban J connectivity index is 0.000000189. The van der Waals surface area contributed by atoms with Gasteiger partial charge < -0.3 is 81.0 Å². The highest BCUT2D eigenvalue weighted by Crippen LogP contribution is 2.25. The highest BCUT2D eigenvalue weighted by atomic mass is 16.3. The van der Waals surface area contributed by atoms with Crippen LogP contribution in [0.2, 0.25) is 0 Å². The summed E-state index contributed by atoms with van der Waals surface area (Å²) in [5.74, 6) is 0.541. The van der Waals surface area contributed by atoms with Crippen LogP contribution in [0.3, 0.4) is 0 Å². The van der Waals surface area contributed by atoms with E-state index >= 15 is 0 Å². The first-order valence-electron chi connectivity index (χ1n) is 34.4. The SMILES string of the molecule is C(=Cc1ccccc1)c1ccccc1.N=C(N)c1cc(C=Cc2ccc(O)cc2)cc(C(=N)N)c1.N=C(N)c1cc(O)cc(C=Cc2ccc(O)cc2)c1.N=C(N)c1cc(O)cc(C=Cc2ccc(O)cc2)c1.N=C(N)c1ccc(C=Cc2cc(O)cc(C(=N)N)c2)cc1.N=C(N)c1ccc(C=Cc2cc(O)cc(O)c2)cc1. The first-order valence-corrected chi connectivity index (χ1v) is 34.4. The molecule has 0 unspecified atom stereocenters. The molecular formula is C91H86N14O8. The van der Waals surface area contributed by atoms with Crippen LogP contribution in [-0.2, 0) is 0 Å². The van der Waals surface area contributed by atoms with E-state index in [1.54, 1.807) is 182 Å². The molecule has 22 heteroatoms. The summed E-state index contributed by atoms with van der Waals surface area (Å²) >= 11 is 0. The van der Waals surface area contributed by atoms with Gasteiger partial charge in [0.2, 0.25) is 0 Å².